The van der Waals surface area contributed by atoms with E-state index in [1.165, 1.54) is 69.5 Å². The number of aromatic nitrogens is 1. The van der Waals surface area contributed by atoms with E-state index in [2.05, 4.69) is 58.1 Å². The Hall–Kier alpha value is -1.71. The van der Waals surface area contributed by atoms with Crippen LogP contribution in [0.15, 0.2) is 54.7 Å². The summed E-state index contributed by atoms with van der Waals surface area (Å²) in [6.45, 7) is 4.77. The second kappa shape index (κ2) is 11.1. The maximum absolute atomic E-state index is 4.35. The molecule has 2 saturated heterocycles. The zero-order valence-electron chi connectivity index (χ0n) is 15.9. The van der Waals surface area contributed by atoms with E-state index >= 15 is 0 Å². The van der Waals surface area contributed by atoms with Crippen molar-refractivity contribution in [2.45, 2.75) is 38.5 Å². The Balaban J connectivity index is 0.000000151. The molecule has 0 spiro atoms. The van der Waals surface area contributed by atoms with Crippen LogP contribution in [0.5, 0.6) is 0 Å². The predicted octanol–water partition coefficient (Wildman–Crippen LogP) is 3.85. The Labute approximate surface area is 158 Å². The van der Waals surface area contributed by atoms with E-state index in [0.29, 0.717) is 0 Å². The first-order valence-corrected chi connectivity index (χ1v) is 10.3. The Bertz CT molecular complexity index is 532. The van der Waals surface area contributed by atoms with Crippen LogP contribution in [-0.4, -0.2) is 31.2 Å². The maximum Gasteiger partial charge on any atom is 0.0406 e. The van der Waals surface area contributed by atoms with Gasteiger partial charge in [-0.2, -0.15) is 0 Å². The first-order valence-electron chi connectivity index (χ1n) is 10.3. The van der Waals surface area contributed by atoms with Crippen LogP contribution in [0.2, 0.25) is 0 Å². The topological polar surface area (TPSA) is 37.0 Å². The average molecular weight is 352 g/mol. The molecule has 2 aliphatic rings. The van der Waals surface area contributed by atoms with Crippen LogP contribution >= 0.6 is 0 Å². The van der Waals surface area contributed by atoms with E-state index in [1.807, 2.05) is 12.3 Å². The van der Waals surface area contributed by atoms with Crippen LogP contribution in [-0.2, 0) is 12.8 Å². The molecule has 3 heterocycles. The first-order chi connectivity index (χ1) is 12.9. The lowest BCUT2D eigenvalue weighted by Gasteiger charge is -2.22. The van der Waals surface area contributed by atoms with Crippen LogP contribution < -0.4 is 10.6 Å². The van der Waals surface area contributed by atoms with Crippen molar-refractivity contribution in [2.24, 2.45) is 11.8 Å². The molecule has 1 aromatic carbocycles. The molecule has 0 bridgehead atoms. The fraction of sp³-hybridized carbons (Fsp3) is 0.522. The molecule has 1 aromatic heterocycles. The van der Waals surface area contributed by atoms with Crippen molar-refractivity contribution in [3.8, 4) is 0 Å². The normalized spacial score (nSPS) is 18.8. The third-order valence-electron chi connectivity index (χ3n) is 5.51. The van der Waals surface area contributed by atoms with Crippen molar-refractivity contribution in [1.29, 1.82) is 0 Å². The molecule has 0 saturated carbocycles. The summed E-state index contributed by atoms with van der Waals surface area (Å²) in [5.41, 5.74) is 2.74. The molecular formula is C23H33N3. The second-order valence-corrected chi connectivity index (χ2v) is 7.60. The van der Waals surface area contributed by atoms with E-state index < -0.39 is 0 Å². The largest absolute Gasteiger partial charge is 0.317 e. The average Bonchev–Trinajstić information content (AvgIpc) is 2.72. The lowest BCUT2D eigenvalue weighted by Crippen LogP contribution is -2.28. The Morgan fingerprint density at radius 1 is 0.692 bits per heavy atom. The van der Waals surface area contributed by atoms with Gasteiger partial charge in [-0.1, -0.05) is 36.4 Å². The van der Waals surface area contributed by atoms with Gasteiger partial charge in [0.25, 0.3) is 0 Å². The zero-order chi connectivity index (χ0) is 17.9. The Morgan fingerprint density at radius 3 is 1.85 bits per heavy atom. The molecule has 0 amide bonds. The molecule has 0 atom stereocenters. The number of nitrogens with zero attached hydrogens (tertiary/aromatic N) is 1. The summed E-state index contributed by atoms with van der Waals surface area (Å²) in [7, 11) is 0. The van der Waals surface area contributed by atoms with Crippen molar-refractivity contribution in [1.82, 2.24) is 15.6 Å². The fourth-order valence-corrected chi connectivity index (χ4v) is 3.93. The first kappa shape index (κ1) is 19.1. The number of piperidine rings is 2. The third-order valence-corrected chi connectivity index (χ3v) is 5.51. The van der Waals surface area contributed by atoms with Crippen LogP contribution in [0.25, 0.3) is 0 Å². The van der Waals surface area contributed by atoms with E-state index in [1.54, 1.807) is 0 Å². The molecule has 0 unspecified atom stereocenters. The summed E-state index contributed by atoms with van der Waals surface area (Å²) in [5, 5.41) is 6.78. The van der Waals surface area contributed by atoms with Gasteiger partial charge in [-0.25, -0.2) is 0 Å². The van der Waals surface area contributed by atoms with Gasteiger partial charge >= 0.3 is 0 Å². The molecule has 26 heavy (non-hydrogen) atoms. The number of nitrogens with one attached hydrogen (secondary N) is 2. The zero-order valence-corrected chi connectivity index (χ0v) is 15.9. The highest BCUT2D eigenvalue weighted by Gasteiger charge is 2.14. The van der Waals surface area contributed by atoms with Crippen LogP contribution in [0.1, 0.15) is 36.9 Å². The summed E-state index contributed by atoms with van der Waals surface area (Å²) >= 11 is 0. The summed E-state index contributed by atoms with van der Waals surface area (Å²) < 4.78 is 0. The van der Waals surface area contributed by atoms with E-state index in [0.717, 1.165) is 18.3 Å². The molecule has 140 valence electrons. The van der Waals surface area contributed by atoms with Crippen molar-refractivity contribution in [2.75, 3.05) is 26.2 Å². The van der Waals surface area contributed by atoms with Crippen molar-refractivity contribution < 1.29 is 0 Å². The molecular weight excluding hydrogens is 318 g/mol. The number of hydrogen-bond acceptors (Lipinski definition) is 3. The Kier molecular flexibility index (Phi) is 8.14. The summed E-state index contributed by atoms with van der Waals surface area (Å²) in [5.74, 6) is 1.75. The van der Waals surface area contributed by atoms with Gasteiger partial charge in [0.05, 0.1) is 0 Å². The molecule has 0 radical (unpaired) electrons. The highest BCUT2D eigenvalue weighted by molar-refractivity contribution is 5.15. The quantitative estimate of drug-likeness (QED) is 0.878. The fourth-order valence-electron chi connectivity index (χ4n) is 3.93. The number of benzene rings is 1. The highest BCUT2D eigenvalue weighted by Crippen LogP contribution is 2.17. The van der Waals surface area contributed by atoms with E-state index in [-0.39, 0.29) is 0 Å². The monoisotopic (exact) mass is 351 g/mol. The van der Waals surface area contributed by atoms with E-state index in [9.17, 15) is 0 Å². The van der Waals surface area contributed by atoms with Gasteiger partial charge < -0.3 is 10.6 Å². The summed E-state index contributed by atoms with van der Waals surface area (Å²) in [6, 6.07) is 17.0. The molecule has 2 fully saturated rings. The van der Waals surface area contributed by atoms with Gasteiger partial charge in [-0.05, 0) is 94.2 Å². The smallest absolute Gasteiger partial charge is 0.0406 e. The van der Waals surface area contributed by atoms with Gasteiger partial charge in [-0.3, -0.25) is 4.98 Å². The van der Waals surface area contributed by atoms with Gasteiger partial charge in [0.1, 0.15) is 0 Å². The lowest BCUT2D eigenvalue weighted by atomic mass is 9.91. The maximum atomic E-state index is 4.35. The summed E-state index contributed by atoms with van der Waals surface area (Å²) in [6.07, 6.45) is 9.60. The minimum Gasteiger partial charge on any atom is -0.317 e. The second-order valence-electron chi connectivity index (χ2n) is 7.60. The molecule has 2 aromatic rings. The van der Waals surface area contributed by atoms with Gasteiger partial charge in [0, 0.05) is 11.9 Å². The minimum absolute atomic E-state index is 0.844. The van der Waals surface area contributed by atoms with E-state index in [4.69, 9.17) is 0 Å². The lowest BCUT2D eigenvalue weighted by molar-refractivity contribution is 0.370. The number of rotatable bonds is 4. The van der Waals surface area contributed by atoms with Crippen molar-refractivity contribution in [3.63, 3.8) is 0 Å². The number of pyridine rings is 1. The van der Waals surface area contributed by atoms with Gasteiger partial charge in [0.2, 0.25) is 0 Å². The predicted molar refractivity (Wildman–Crippen MR) is 109 cm³/mol. The standard InChI is InChI=1S/C12H17N.C11H16N2/c1-2-4-11(5-3-1)10-12-6-8-13-9-7-12;1-2-6-13-11(3-1)9-10-4-7-12-8-5-10/h1-5,12-13H,6-10H2;1-3,6,10,12H,4-5,7-9H2. The number of hydrogen-bond donors (Lipinski definition) is 2. The SMILES string of the molecule is c1ccc(CC2CCNCC2)cc1.c1ccc(CC2CCNCC2)nc1. The van der Waals surface area contributed by atoms with Crippen molar-refractivity contribution in [3.05, 3.63) is 66.0 Å². The summed E-state index contributed by atoms with van der Waals surface area (Å²) in [4.78, 5) is 4.35. The molecule has 3 heteroatoms. The Morgan fingerprint density at radius 2 is 1.27 bits per heavy atom. The van der Waals surface area contributed by atoms with Crippen molar-refractivity contribution >= 4 is 0 Å². The minimum atomic E-state index is 0.844. The van der Waals surface area contributed by atoms with Gasteiger partial charge in [0.15, 0.2) is 0 Å². The molecule has 2 N–H and O–H groups in total. The highest BCUT2D eigenvalue weighted by atomic mass is 14.9. The van der Waals surface area contributed by atoms with Crippen LogP contribution in [0.4, 0.5) is 0 Å². The third kappa shape index (κ3) is 6.89. The van der Waals surface area contributed by atoms with Gasteiger partial charge in [-0.15, -0.1) is 0 Å². The molecule has 3 nitrogen and oxygen atoms in total. The van der Waals surface area contributed by atoms with Crippen LogP contribution in [0.3, 0.4) is 0 Å². The molecule has 4 rings (SSSR count). The molecule has 0 aliphatic carbocycles. The molecule has 2 aliphatic heterocycles. The van der Waals surface area contributed by atoms with Crippen LogP contribution in [0, 0.1) is 11.8 Å².